The number of hydrogen-bond acceptors (Lipinski definition) is 12. The number of nitrogens with one attached hydrogen (secondary N) is 3. The quantitative estimate of drug-likeness (QED) is 0.0969. The lowest BCUT2D eigenvalue weighted by molar-refractivity contribution is -0.149. The number of imidazole rings is 1. The van der Waals surface area contributed by atoms with Crippen LogP contribution in [0.15, 0.2) is 48.8 Å². The van der Waals surface area contributed by atoms with Gasteiger partial charge in [0.2, 0.25) is 5.95 Å². The number of nitrogen functional groups attached to an aromatic ring is 1. The van der Waals surface area contributed by atoms with Gasteiger partial charge in [0.15, 0.2) is 17.0 Å². The summed E-state index contributed by atoms with van der Waals surface area (Å²) in [6, 6.07) is 11.9. The van der Waals surface area contributed by atoms with Gasteiger partial charge in [0, 0.05) is 24.1 Å². The van der Waals surface area contributed by atoms with Crippen LogP contribution in [0.3, 0.4) is 0 Å². The number of esters is 1. The van der Waals surface area contributed by atoms with Crippen LogP contribution in [-0.2, 0) is 23.4 Å². The molecule has 1 saturated heterocycles. The molecule has 2 aromatic heterocycles. The first-order valence-corrected chi connectivity index (χ1v) is 15.8. The molecule has 3 heterocycles. The Hall–Kier alpha value is -4.10. The van der Waals surface area contributed by atoms with Gasteiger partial charge in [-0.1, -0.05) is 36.4 Å². The Kier molecular flexibility index (Phi) is 9.16. The molecule has 1 fully saturated rings. The van der Waals surface area contributed by atoms with Gasteiger partial charge >= 0.3 is 13.7 Å². The molecule has 4 aromatic rings. The van der Waals surface area contributed by atoms with E-state index in [4.69, 9.17) is 29.7 Å². The van der Waals surface area contributed by atoms with Crippen molar-refractivity contribution in [2.75, 3.05) is 24.7 Å². The number of nitrogens with two attached hydrogens (primary N) is 1. The molecule has 0 amide bonds. The third-order valence-corrected chi connectivity index (χ3v) is 8.78. The minimum Gasteiger partial charge on any atom is -0.462 e. The molecule has 5 atom stereocenters. The summed E-state index contributed by atoms with van der Waals surface area (Å²) in [4.78, 5) is 25.6. The molecule has 1 aliphatic heterocycles. The van der Waals surface area contributed by atoms with E-state index in [1.807, 2.05) is 30.3 Å². The summed E-state index contributed by atoms with van der Waals surface area (Å²) in [5, 5.41) is 15.8. The van der Waals surface area contributed by atoms with Gasteiger partial charge in [-0.25, -0.2) is 9.55 Å². The zero-order valence-corrected chi connectivity index (χ0v) is 26.1. The largest absolute Gasteiger partial charge is 0.462 e. The molecule has 2 aromatic carbocycles. The van der Waals surface area contributed by atoms with Gasteiger partial charge in [0.1, 0.15) is 18.0 Å². The standard InChI is InChI=1S/C29H37N8O6P/c1-16(2)41-28(38)18(4)36-44(39,43-23-12-8-10-19-9-6-7-11-21(19)23)40-14-20-13-22(17(3)30)27(42-20)37-15-33-24-25(32-5)34-29(31)35-26(24)37/h6-12,15-16,18,20,22,27,30H,13-14H2,1-5H3,(H,36,39)(H3,31,32,34,35)/t18-,20+,22-,27-,44+/m1/s1. The van der Waals surface area contributed by atoms with E-state index in [1.165, 1.54) is 6.92 Å². The number of carbonyl (C=O) groups excluding carboxylic acids is 1. The first-order valence-electron chi connectivity index (χ1n) is 14.3. The molecule has 1 aliphatic rings. The van der Waals surface area contributed by atoms with E-state index in [9.17, 15) is 9.36 Å². The maximum atomic E-state index is 14.3. The number of rotatable bonds is 12. The maximum absolute atomic E-state index is 14.3. The number of anilines is 2. The predicted molar refractivity (Wildman–Crippen MR) is 167 cm³/mol. The molecule has 15 heteroatoms. The normalized spacial score (nSPS) is 20.5. The van der Waals surface area contributed by atoms with Crippen LogP contribution in [0.25, 0.3) is 21.9 Å². The minimum absolute atomic E-state index is 0.0623. The topological polar surface area (TPSA) is 189 Å². The summed E-state index contributed by atoms with van der Waals surface area (Å²) < 4.78 is 39.7. The second-order valence-corrected chi connectivity index (χ2v) is 12.6. The van der Waals surface area contributed by atoms with E-state index in [2.05, 4.69) is 25.4 Å². The van der Waals surface area contributed by atoms with Crippen molar-refractivity contribution >= 4 is 53.1 Å². The summed E-state index contributed by atoms with van der Waals surface area (Å²) in [7, 11) is -2.47. The number of nitrogens with zero attached hydrogens (tertiary/aromatic N) is 4. The SMILES string of the molecule is CNc1nc(N)nc2c1ncn2[C@@H]1O[C@H](CO[P@@](=O)(N[C@H](C)C(=O)OC(C)C)Oc2cccc3ccccc23)C[C@@H]1C(C)=N. The molecular weight excluding hydrogens is 587 g/mol. The first kappa shape index (κ1) is 31.3. The Morgan fingerprint density at radius 2 is 1.95 bits per heavy atom. The lowest BCUT2D eigenvalue weighted by Gasteiger charge is -2.25. The fourth-order valence-corrected chi connectivity index (χ4v) is 6.64. The Labute approximate surface area is 254 Å². The van der Waals surface area contributed by atoms with Gasteiger partial charge in [-0.3, -0.25) is 13.9 Å². The van der Waals surface area contributed by atoms with Crippen LogP contribution >= 0.6 is 7.75 Å². The zero-order chi connectivity index (χ0) is 31.6. The van der Waals surface area contributed by atoms with Crippen LogP contribution in [0.4, 0.5) is 11.8 Å². The van der Waals surface area contributed by atoms with Gasteiger partial charge in [-0.15, -0.1) is 0 Å². The highest BCUT2D eigenvalue weighted by Gasteiger charge is 2.41. The first-order chi connectivity index (χ1) is 21.0. The number of fused-ring (bicyclic) bond motifs is 2. The van der Waals surface area contributed by atoms with Crippen molar-refractivity contribution in [3.05, 3.63) is 48.8 Å². The highest BCUT2D eigenvalue weighted by molar-refractivity contribution is 7.52. The van der Waals surface area contributed by atoms with Gasteiger partial charge in [-0.2, -0.15) is 15.1 Å². The van der Waals surface area contributed by atoms with Gasteiger partial charge in [0.05, 0.1) is 25.1 Å². The molecule has 14 nitrogen and oxygen atoms in total. The lowest BCUT2D eigenvalue weighted by Crippen LogP contribution is -2.36. The zero-order valence-electron chi connectivity index (χ0n) is 25.2. The Morgan fingerprint density at radius 3 is 2.68 bits per heavy atom. The molecule has 0 radical (unpaired) electrons. The molecule has 234 valence electrons. The van der Waals surface area contributed by atoms with E-state index in [0.29, 0.717) is 34.9 Å². The predicted octanol–water partition coefficient (Wildman–Crippen LogP) is 4.68. The molecule has 44 heavy (non-hydrogen) atoms. The summed E-state index contributed by atoms with van der Waals surface area (Å²) in [6.45, 7) is 6.52. The van der Waals surface area contributed by atoms with Crippen LogP contribution in [-0.4, -0.2) is 63.1 Å². The molecule has 0 bridgehead atoms. The minimum atomic E-state index is -4.18. The highest BCUT2D eigenvalue weighted by Crippen LogP contribution is 2.48. The lowest BCUT2D eigenvalue weighted by atomic mass is 9.98. The van der Waals surface area contributed by atoms with Crippen molar-refractivity contribution in [1.82, 2.24) is 24.6 Å². The third-order valence-electron chi connectivity index (χ3n) is 7.15. The van der Waals surface area contributed by atoms with Crippen molar-refractivity contribution in [3.63, 3.8) is 0 Å². The Morgan fingerprint density at radius 1 is 1.20 bits per heavy atom. The van der Waals surface area contributed by atoms with Crippen LogP contribution in [0.1, 0.15) is 40.3 Å². The number of benzene rings is 2. The second-order valence-electron chi connectivity index (χ2n) is 10.9. The van der Waals surface area contributed by atoms with Crippen LogP contribution < -0.4 is 20.7 Å². The van der Waals surface area contributed by atoms with E-state index in [1.54, 1.807) is 50.8 Å². The van der Waals surface area contributed by atoms with Gasteiger partial charge in [-0.05, 0) is 45.6 Å². The van der Waals surface area contributed by atoms with Gasteiger partial charge in [0.25, 0.3) is 0 Å². The second kappa shape index (κ2) is 12.9. The summed E-state index contributed by atoms with van der Waals surface area (Å²) >= 11 is 0. The number of hydrogen-bond donors (Lipinski definition) is 4. The average Bonchev–Trinajstić information content (AvgIpc) is 3.60. The van der Waals surface area contributed by atoms with Crippen molar-refractivity contribution in [2.24, 2.45) is 5.92 Å². The van der Waals surface area contributed by atoms with Gasteiger partial charge < -0.3 is 30.5 Å². The average molecular weight is 625 g/mol. The Balaban J connectivity index is 1.40. The fraction of sp³-hybridized carbons (Fsp3) is 0.414. The molecule has 5 rings (SSSR count). The summed E-state index contributed by atoms with van der Waals surface area (Å²) in [5.74, 6) is -0.107. The number of aromatic nitrogens is 4. The summed E-state index contributed by atoms with van der Waals surface area (Å²) in [6.07, 6.45) is 0.353. The van der Waals surface area contributed by atoms with Crippen molar-refractivity contribution < 1.29 is 27.9 Å². The smallest absolute Gasteiger partial charge is 0.459 e. The maximum Gasteiger partial charge on any atom is 0.459 e. The number of carbonyl (C=O) groups is 1. The molecule has 0 aliphatic carbocycles. The Bertz CT molecular complexity index is 1720. The van der Waals surface area contributed by atoms with Crippen LogP contribution in [0, 0.1) is 11.3 Å². The number of ether oxygens (including phenoxy) is 2. The monoisotopic (exact) mass is 624 g/mol. The summed E-state index contributed by atoms with van der Waals surface area (Å²) in [5.41, 5.74) is 7.27. The van der Waals surface area contributed by atoms with Crippen LogP contribution in [0.5, 0.6) is 5.75 Å². The molecule has 0 saturated carbocycles. The van der Waals surface area contributed by atoms with Crippen LogP contribution in [0.2, 0.25) is 0 Å². The van der Waals surface area contributed by atoms with Crippen molar-refractivity contribution in [1.29, 1.82) is 5.41 Å². The fourth-order valence-electron chi connectivity index (χ4n) is 5.10. The van der Waals surface area contributed by atoms with E-state index < -0.39 is 32.1 Å². The van der Waals surface area contributed by atoms with E-state index in [0.717, 1.165) is 10.8 Å². The van der Waals surface area contributed by atoms with Crippen molar-refractivity contribution in [2.45, 2.75) is 58.6 Å². The highest BCUT2D eigenvalue weighted by atomic mass is 31.2. The molecule has 0 spiro atoms. The van der Waals surface area contributed by atoms with E-state index in [-0.39, 0.29) is 24.6 Å². The molecule has 5 N–H and O–H groups in total. The molecule has 0 unspecified atom stereocenters. The molecular formula is C29H37N8O6P. The third kappa shape index (κ3) is 6.68. The van der Waals surface area contributed by atoms with Crippen molar-refractivity contribution in [3.8, 4) is 5.75 Å². The van der Waals surface area contributed by atoms with E-state index >= 15 is 0 Å².